The maximum absolute atomic E-state index is 12.4. The van der Waals surface area contributed by atoms with Crippen LogP contribution in [0.15, 0.2) is 53.1 Å². The molecule has 0 radical (unpaired) electrons. The fourth-order valence-corrected chi connectivity index (χ4v) is 2.90. The number of hydrogen-bond donors (Lipinski definition) is 2. The lowest BCUT2D eigenvalue weighted by Gasteiger charge is -2.06. The quantitative estimate of drug-likeness (QED) is 0.653. The fourth-order valence-electron chi connectivity index (χ4n) is 2.58. The van der Waals surface area contributed by atoms with Crippen molar-refractivity contribution < 1.29 is 14.0 Å². The number of nitrogens with one attached hydrogen (secondary N) is 2. The number of rotatable bonds is 7. The minimum atomic E-state index is -0.440. The maximum atomic E-state index is 12.4. The first kappa shape index (κ1) is 18.7. The van der Waals surface area contributed by atoms with Gasteiger partial charge >= 0.3 is 0 Å². The van der Waals surface area contributed by atoms with Gasteiger partial charge in [-0.3, -0.25) is 9.59 Å². The van der Waals surface area contributed by atoms with Crippen LogP contribution in [0, 0.1) is 6.92 Å². The van der Waals surface area contributed by atoms with Crippen molar-refractivity contribution in [2.75, 3.05) is 6.54 Å². The number of carbonyl (C=O) groups excluding carboxylic acids is 2. The Morgan fingerprint density at radius 3 is 2.63 bits per heavy atom. The first-order valence-corrected chi connectivity index (χ1v) is 8.76. The van der Waals surface area contributed by atoms with Crippen LogP contribution in [0.4, 0.5) is 0 Å². The molecule has 0 saturated carbocycles. The van der Waals surface area contributed by atoms with E-state index in [-0.39, 0.29) is 29.7 Å². The van der Waals surface area contributed by atoms with Crippen LogP contribution in [0.5, 0.6) is 0 Å². The van der Waals surface area contributed by atoms with Crippen molar-refractivity contribution in [2.24, 2.45) is 0 Å². The fraction of sp³-hybridized carbons (Fsp3) is 0.211. The monoisotopic (exact) mass is 386 g/mol. The van der Waals surface area contributed by atoms with Crippen molar-refractivity contribution in [3.63, 3.8) is 0 Å². The molecule has 8 heteroatoms. The van der Waals surface area contributed by atoms with E-state index in [2.05, 4.69) is 15.7 Å². The minimum absolute atomic E-state index is 0.167. The Hall–Kier alpha value is -3.06. The van der Waals surface area contributed by atoms with Crippen LogP contribution in [0.1, 0.15) is 27.4 Å². The number of nitrogens with zero attached hydrogens (tertiary/aromatic N) is 2. The lowest BCUT2D eigenvalue weighted by atomic mass is 10.2. The standard InChI is InChI=1S/C19H19ClN4O3/c1-13-17(18(20)24(23-13)12-14-6-3-2-4-7-14)19(26)22-11-16(25)21-10-15-8-5-9-27-15/h2-9H,10-12H2,1H3,(H,21,25)(H,22,26). The molecule has 140 valence electrons. The molecule has 0 spiro atoms. The molecule has 2 N–H and O–H groups in total. The van der Waals surface area contributed by atoms with Crippen molar-refractivity contribution >= 4 is 23.4 Å². The SMILES string of the molecule is Cc1nn(Cc2ccccc2)c(Cl)c1C(=O)NCC(=O)NCc1ccco1. The molecule has 2 heterocycles. The molecule has 0 atom stereocenters. The van der Waals surface area contributed by atoms with E-state index in [4.69, 9.17) is 16.0 Å². The minimum Gasteiger partial charge on any atom is -0.467 e. The molecule has 0 saturated heterocycles. The lowest BCUT2D eigenvalue weighted by Crippen LogP contribution is -2.36. The van der Waals surface area contributed by atoms with Crippen LogP contribution in [0.25, 0.3) is 0 Å². The molecule has 1 aromatic carbocycles. The van der Waals surface area contributed by atoms with Crippen molar-refractivity contribution in [1.82, 2.24) is 20.4 Å². The number of aromatic nitrogens is 2. The van der Waals surface area contributed by atoms with E-state index in [1.807, 2.05) is 30.3 Å². The topological polar surface area (TPSA) is 89.2 Å². The van der Waals surface area contributed by atoms with Gasteiger partial charge in [0.1, 0.15) is 10.9 Å². The molecule has 7 nitrogen and oxygen atoms in total. The zero-order valence-corrected chi connectivity index (χ0v) is 15.5. The first-order valence-electron chi connectivity index (χ1n) is 8.38. The molecule has 3 aromatic rings. The van der Waals surface area contributed by atoms with E-state index in [0.29, 0.717) is 18.0 Å². The summed E-state index contributed by atoms with van der Waals surface area (Å²) in [6.45, 7) is 2.26. The molecule has 0 aliphatic carbocycles. The van der Waals surface area contributed by atoms with Gasteiger partial charge in [0.15, 0.2) is 0 Å². The second-order valence-electron chi connectivity index (χ2n) is 5.93. The van der Waals surface area contributed by atoms with Gasteiger partial charge in [-0.05, 0) is 24.6 Å². The Morgan fingerprint density at radius 2 is 1.93 bits per heavy atom. The van der Waals surface area contributed by atoms with Gasteiger partial charge in [-0.1, -0.05) is 41.9 Å². The van der Waals surface area contributed by atoms with E-state index in [1.165, 1.54) is 6.26 Å². The number of hydrogen-bond acceptors (Lipinski definition) is 4. The zero-order chi connectivity index (χ0) is 19.2. The van der Waals surface area contributed by atoms with E-state index < -0.39 is 5.91 Å². The summed E-state index contributed by atoms with van der Waals surface area (Å²) in [6.07, 6.45) is 1.53. The Labute approximate surface area is 161 Å². The van der Waals surface area contributed by atoms with Crippen LogP contribution in [0.2, 0.25) is 5.15 Å². The van der Waals surface area contributed by atoms with E-state index >= 15 is 0 Å². The van der Waals surface area contributed by atoms with Gasteiger partial charge in [0.05, 0.1) is 37.2 Å². The van der Waals surface area contributed by atoms with Gasteiger partial charge in [0.25, 0.3) is 5.91 Å². The largest absolute Gasteiger partial charge is 0.467 e. The normalized spacial score (nSPS) is 10.6. The van der Waals surface area contributed by atoms with Crippen molar-refractivity contribution in [2.45, 2.75) is 20.0 Å². The van der Waals surface area contributed by atoms with Gasteiger partial charge in [0, 0.05) is 0 Å². The van der Waals surface area contributed by atoms with Gasteiger partial charge in [-0.2, -0.15) is 5.10 Å². The third-order valence-electron chi connectivity index (χ3n) is 3.92. The molecule has 0 unspecified atom stereocenters. The first-order chi connectivity index (χ1) is 13.0. The summed E-state index contributed by atoms with van der Waals surface area (Å²) in [4.78, 5) is 24.3. The van der Waals surface area contributed by atoms with Gasteiger partial charge in [0.2, 0.25) is 5.91 Å². The van der Waals surface area contributed by atoms with Crippen LogP contribution in [0.3, 0.4) is 0 Å². The average Bonchev–Trinajstić information content (AvgIpc) is 3.27. The van der Waals surface area contributed by atoms with E-state index in [9.17, 15) is 9.59 Å². The molecule has 2 aromatic heterocycles. The van der Waals surface area contributed by atoms with Gasteiger partial charge < -0.3 is 15.1 Å². The number of benzene rings is 1. The summed E-state index contributed by atoms with van der Waals surface area (Å²) in [7, 11) is 0. The predicted molar refractivity (Wildman–Crippen MR) is 100 cm³/mol. The van der Waals surface area contributed by atoms with Gasteiger partial charge in [-0.15, -0.1) is 0 Å². The number of amides is 2. The van der Waals surface area contributed by atoms with Crippen molar-refractivity contribution in [1.29, 1.82) is 0 Å². The Kier molecular flexibility index (Phi) is 5.93. The van der Waals surface area contributed by atoms with Gasteiger partial charge in [-0.25, -0.2) is 4.68 Å². The molecule has 0 aliphatic rings. The summed E-state index contributed by atoms with van der Waals surface area (Å²) in [5.74, 6) is -0.133. The van der Waals surface area contributed by atoms with Crippen LogP contribution >= 0.6 is 11.6 Å². The summed E-state index contributed by atoms with van der Waals surface area (Å²) in [6, 6.07) is 13.2. The molecule has 27 heavy (non-hydrogen) atoms. The van der Waals surface area contributed by atoms with Crippen molar-refractivity contribution in [3.8, 4) is 0 Å². The third kappa shape index (κ3) is 4.77. The van der Waals surface area contributed by atoms with Crippen LogP contribution < -0.4 is 10.6 Å². The summed E-state index contributed by atoms with van der Waals surface area (Å²) in [5.41, 5.74) is 1.79. The maximum Gasteiger partial charge on any atom is 0.256 e. The van der Waals surface area contributed by atoms with Crippen LogP contribution in [-0.4, -0.2) is 28.1 Å². The Bertz CT molecular complexity index is 920. The second-order valence-corrected chi connectivity index (χ2v) is 6.29. The highest BCUT2D eigenvalue weighted by Crippen LogP contribution is 2.20. The van der Waals surface area contributed by atoms with Crippen LogP contribution in [-0.2, 0) is 17.9 Å². The average molecular weight is 387 g/mol. The molecule has 0 fully saturated rings. The molecule has 0 bridgehead atoms. The molecule has 3 rings (SSSR count). The predicted octanol–water partition coefficient (Wildman–Crippen LogP) is 2.53. The summed E-state index contributed by atoms with van der Waals surface area (Å²) in [5, 5.41) is 9.80. The highest BCUT2D eigenvalue weighted by molar-refractivity contribution is 6.33. The third-order valence-corrected chi connectivity index (χ3v) is 4.30. The number of furan rings is 1. The number of halogens is 1. The van der Waals surface area contributed by atoms with Crippen molar-refractivity contribution in [3.05, 3.63) is 76.5 Å². The highest BCUT2D eigenvalue weighted by atomic mass is 35.5. The zero-order valence-electron chi connectivity index (χ0n) is 14.7. The van der Waals surface area contributed by atoms with E-state index in [0.717, 1.165) is 5.56 Å². The Morgan fingerprint density at radius 1 is 1.15 bits per heavy atom. The van der Waals surface area contributed by atoms with E-state index in [1.54, 1.807) is 23.7 Å². The smallest absolute Gasteiger partial charge is 0.256 e. The molecule has 0 aliphatic heterocycles. The highest BCUT2D eigenvalue weighted by Gasteiger charge is 2.20. The summed E-state index contributed by atoms with van der Waals surface area (Å²) < 4.78 is 6.70. The molecular formula is C19H19ClN4O3. The molecular weight excluding hydrogens is 368 g/mol. The number of carbonyl (C=O) groups is 2. The second kappa shape index (κ2) is 8.55. The number of aryl methyl sites for hydroxylation is 1. The molecule has 2 amide bonds. The Balaban J connectivity index is 1.58. The lowest BCUT2D eigenvalue weighted by molar-refractivity contribution is -0.120. The summed E-state index contributed by atoms with van der Waals surface area (Å²) >= 11 is 6.35.